The van der Waals surface area contributed by atoms with Crippen molar-refractivity contribution in [1.29, 1.82) is 0 Å². The van der Waals surface area contributed by atoms with E-state index in [1.807, 2.05) is 12.1 Å². The maximum Gasteiger partial charge on any atom is 0.240 e. The minimum Gasteiger partial charge on any atom is -0.352 e. The van der Waals surface area contributed by atoms with E-state index in [0.29, 0.717) is 6.54 Å². The standard InChI is InChI=1S/C16H26N4O2S/c1-13-8-10-20(11-9-13)16(17-2)19-12-14-4-6-15(7-5-14)23(21,22)18-3/h4-7,13,18H,8-12H2,1-3H3,(H,17,19). The molecular weight excluding hydrogens is 312 g/mol. The number of likely N-dealkylation sites (tertiary alicyclic amines) is 1. The second kappa shape index (κ2) is 7.79. The van der Waals surface area contributed by atoms with Gasteiger partial charge in [0.25, 0.3) is 0 Å². The molecule has 0 spiro atoms. The molecule has 0 bridgehead atoms. The zero-order chi connectivity index (χ0) is 16.9. The summed E-state index contributed by atoms with van der Waals surface area (Å²) in [4.78, 5) is 6.90. The van der Waals surface area contributed by atoms with Crippen molar-refractivity contribution in [1.82, 2.24) is 14.9 Å². The molecule has 128 valence electrons. The van der Waals surface area contributed by atoms with E-state index in [2.05, 4.69) is 26.9 Å². The lowest BCUT2D eigenvalue weighted by Gasteiger charge is -2.32. The van der Waals surface area contributed by atoms with Crippen LogP contribution in [0.5, 0.6) is 0 Å². The lowest BCUT2D eigenvalue weighted by Crippen LogP contribution is -2.45. The number of rotatable bonds is 4. The molecule has 1 fully saturated rings. The summed E-state index contributed by atoms with van der Waals surface area (Å²) in [6.45, 7) is 4.97. The fourth-order valence-electron chi connectivity index (χ4n) is 2.64. The quantitative estimate of drug-likeness (QED) is 0.643. The predicted octanol–water partition coefficient (Wildman–Crippen LogP) is 1.40. The molecule has 1 aliphatic heterocycles. The largest absolute Gasteiger partial charge is 0.352 e. The molecular formula is C16H26N4O2S. The molecule has 2 rings (SSSR count). The highest BCUT2D eigenvalue weighted by Crippen LogP contribution is 2.16. The van der Waals surface area contributed by atoms with Gasteiger partial charge < -0.3 is 10.2 Å². The summed E-state index contributed by atoms with van der Waals surface area (Å²) in [5.74, 6) is 1.69. The van der Waals surface area contributed by atoms with E-state index in [1.54, 1.807) is 19.2 Å². The Balaban J connectivity index is 1.94. The van der Waals surface area contributed by atoms with E-state index in [4.69, 9.17) is 0 Å². The van der Waals surface area contributed by atoms with E-state index < -0.39 is 10.0 Å². The second-order valence-corrected chi connectivity index (χ2v) is 7.81. The highest BCUT2D eigenvalue weighted by atomic mass is 32.2. The molecule has 1 saturated heterocycles. The molecule has 0 amide bonds. The molecule has 6 nitrogen and oxygen atoms in total. The van der Waals surface area contributed by atoms with E-state index in [9.17, 15) is 8.42 Å². The zero-order valence-corrected chi connectivity index (χ0v) is 14.9. The average molecular weight is 338 g/mol. The van der Waals surface area contributed by atoms with Crippen LogP contribution in [-0.4, -0.2) is 46.5 Å². The van der Waals surface area contributed by atoms with Crippen molar-refractivity contribution in [3.05, 3.63) is 29.8 Å². The van der Waals surface area contributed by atoms with Gasteiger partial charge in [0, 0.05) is 26.7 Å². The first kappa shape index (κ1) is 17.7. The van der Waals surface area contributed by atoms with Gasteiger partial charge in [0.15, 0.2) is 5.96 Å². The summed E-state index contributed by atoms with van der Waals surface area (Å²) in [6.07, 6.45) is 2.38. The normalized spacial score (nSPS) is 17.3. The van der Waals surface area contributed by atoms with Crippen LogP contribution in [0.3, 0.4) is 0 Å². The third-order valence-corrected chi connectivity index (χ3v) is 5.68. The SMILES string of the molecule is CN=C(NCc1ccc(S(=O)(=O)NC)cc1)N1CCC(C)CC1. The lowest BCUT2D eigenvalue weighted by atomic mass is 10.00. The fourth-order valence-corrected chi connectivity index (χ4v) is 3.37. The summed E-state index contributed by atoms with van der Waals surface area (Å²) in [5, 5.41) is 3.35. The molecule has 1 aromatic carbocycles. The molecule has 0 aromatic heterocycles. The Hall–Kier alpha value is -1.60. The van der Waals surface area contributed by atoms with E-state index >= 15 is 0 Å². The van der Waals surface area contributed by atoms with Crippen molar-refractivity contribution < 1.29 is 8.42 Å². The van der Waals surface area contributed by atoms with Crippen LogP contribution in [0.25, 0.3) is 0 Å². The minimum absolute atomic E-state index is 0.276. The van der Waals surface area contributed by atoms with Crippen LogP contribution in [-0.2, 0) is 16.6 Å². The maximum absolute atomic E-state index is 11.7. The molecule has 0 aliphatic carbocycles. The van der Waals surface area contributed by atoms with Gasteiger partial charge in [-0.2, -0.15) is 0 Å². The average Bonchev–Trinajstić information content (AvgIpc) is 2.57. The predicted molar refractivity (Wildman–Crippen MR) is 92.9 cm³/mol. The van der Waals surface area contributed by atoms with E-state index in [0.717, 1.165) is 30.5 Å². The van der Waals surface area contributed by atoms with Gasteiger partial charge in [-0.25, -0.2) is 13.1 Å². The van der Waals surface area contributed by atoms with Crippen molar-refractivity contribution >= 4 is 16.0 Å². The van der Waals surface area contributed by atoms with Crippen LogP contribution >= 0.6 is 0 Å². The van der Waals surface area contributed by atoms with Crippen molar-refractivity contribution in [2.24, 2.45) is 10.9 Å². The van der Waals surface area contributed by atoms with Crippen LogP contribution in [0.2, 0.25) is 0 Å². The highest BCUT2D eigenvalue weighted by Gasteiger charge is 2.18. The van der Waals surface area contributed by atoms with Crippen LogP contribution in [0.15, 0.2) is 34.2 Å². The molecule has 23 heavy (non-hydrogen) atoms. The molecule has 7 heteroatoms. The number of guanidine groups is 1. The highest BCUT2D eigenvalue weighted by molar-refractivity contribution is 7.89. The van der Waals surface area contributed by atoms with Crippen molar-refractivity contribution in [3.8, 4) is 0 Å². The van der Waals surface area contributed by atoms with Crippen molar-refractivity contribution in [2.45, 2.75) is 31.2 Å². The van der Waals surface area contributed by atoms with Gasteiger partial charge in [0.05, 0.1) is 4.90 Å². The first-order valence-electron chi connectivity index (χ1n) is 7.94. The number of nitrogens with zero attached hydrogens (tertiary/aromatic N) is 2. The summed E-state index contributed by atoms with van der Waals surface area (Å²) in [7, 11) is -0.170. The Morgan fingerprint density at radius 2 is 1.87 bits per heavy atom. The monoisotopic (exact) mass is 338 g/mol. The Bertz CT molecular complexity index is 633. The van der Waals surface area contributed by atoms with Gasteiger partial charge in [-0.05, 0) is 43.5 Å². The third kappa shape index (κ3) is 4.68. The first-order valence-corrected chi connectivity index (χ1v) is 9.42. The van der Waals surface area contributed by atoms with Crippen LogP contribution < -0.4 is 10.0 Å². The molecule has 0 atom stereocenters. The van der Waals surface area contributed by atoms with Crippen LogP contribution in [0.1, 0.15) is 25.3 Å². The van der Waals surface area contributed by atoms with Gasteiger partial charge >= 0.3 is 0 Å². The molecule has 1 aliphatic rings. The van der Waals surface area contributed by atoms with E-state index in [-0.39, 0.29) is 4.90 Å². The number of benzene rings is 1. The molecule has 0 unspecified atom stereocenters. The molecule has 1 heterocycles. The molecule has 1 aromatic rings. The van der Waals surface area contributed by atoms with Gasteiger partial charge in [0.1, 0.15) is 0 Å². The number of sulfonamides is 1. The van der Waals surface area contributed by atoms with Gasteiger partial charge in [-0.15, -0.1) is 0 Å². The number of hydrogen-bond acceptors (Lipinski definition) is 3. The van der Waals surface area contributed by atoms with Gasteiger partial charge in [-0.3, -0.25) is 4.99 Å². The zero-order valence-electron chi connectivity index (χ0n) is 14.0. The van der Waals surface area contributed by atoms with Gasteiger partial charge in [-0.1, -0.05) is 19.1 Å². The minimum atomic E-state index is -3.38. The van der Waals surface area contributed by atoms with Crippen molar-refractivity contribution in [2.75, 3.05) is 27.2 Å². The number of hydrogen-bond donors (Lipinski definition) is 2. The lowest BCUT2D eigenvalue weighted by molar-refractivity contribution is 0.273. The smallest absolute Gasteiger partial charge is 0.240 e. The number of aliphatic imine (C=N–C) groups is 1. The topological polar surface area (TPSA) is 73.8 Å². The summed E-state index contributed by atoms with van der Waals surface area (Å²) < 4.78 is 25.7. The van der Waals surface area contributed by atoms with Gasteiger partial charge in [0.2, 0.25) is 10.0 Å². The second-order valence-electron chi connectivity index (χ2n) is 5.92. The van der Waals surface area contributed by atoms with Crippen LogP contribution in [0.4, 0.5) is 0 Å². The summed E-state index contributed by atoms with van der Waals surface area (Å²) >= 11 is 0. The van der Waals surface area contributed by atoms with Crippen LogP contribution in [0, 0.1) is 5.92 Å². The number of nitrogens with one attached hydrogen (secondary N) is 2. The Morgan fingerprint density at radius 3 is 2.39 bits per heavy atom. The summed E-state index contributed by atoms with van der Waals surface area (Å²) in [6, 6.07) is 6.88. The maximum atomic E-state index is 11.7. The molecule has 0 radical (unpaired) electrons. The molecule has 2 N–H and O–H groups in total. The number of piperidine rings is 1. The Morgan fingerprint density at radius 1 is 1.26 bits per heavy atom. The van der Waals surface area contributed by atoms with E-state index in [1.165, 1.54) is 19.9 Å². The Kier molecular flexibility index (Phi) is 6.01. The summed E-state index contributed by atoms with van der Waals surface area (Å²) in [5.41, 5.74) is 1.02. The first-order chi connectivity index (χ1) is 11.0. The Labute approximate surface area is 139 Å². The van der Waals surface area contributed by atoms with Crippen molar-refractivity contribution in [3.63, 3.8) is 0 Å². The molecule has 0 saturated carbocycles. The third-order valence-electron chi connectivity index (χ3n) is 4.25. The fraction of sp³-hybridized carbons (Fsp3) is 0.562.